The predicted octanol–water partition coefficient (Wildman–Crippen LogP) is 1.24. The molecule has 1 N–H and O–H groups in total. The van der Waals surface area contributed by atoms with Crippen LogP contribution in [0.5, 0.6) is 0 Å². The van der Waals surface area contributed by atoms with E-state index in [0.717, 1.165) is 31.5 Å². The van der Waals surface area contributed by atoms with Crippen molar-refractivity contribution < 1.29 is 13.2 Å². The highest BCUT2D eigenvalue weighted by molar-refractivity contribution is 7.89. The second kappa shape index (κ2) is 6.41. The number of nitrogens with zero attached hydrogens (tertiary/aromatic N) is 1. The summed E-state index contributed by atoms with van der Waals surface area (Å²) in [7, 11) is -3.51. The van der Waals surface area contributed by atoms with Crippen molar-refractivity contribution in [3.05, 3.63) is 47.5 Å². The van der Waals surface area contributed by atoms with Crippen molar-refractivity contribution in [3.63, 3.8) is 0 Å². The molecule has 1 aromatic carbocycles. The number of amides is 1. The Balaban J connectivity index is 1.99. The number of rotatable bonds is 5. The van der Waals surface area contributed by atoms with Crippen LogP contribution in [0.2, 0.25) is 0 Å². The van der Waals surface area contributed by atoms with Crippen molar-refractivity contribution in [3.8, 4) is 0 Å². The maximum Gasteiger partial charge on any atom is 0.240 e. The van der Waals surface area contributed by atoms with E-state index in [1.165, 1.54) is 5.56 Å². The maximum absolute atomic E-state index is 11.8. The van der Waals surface area contributed by atoms with Crippen LogP contribution in [0.1, 0.15) is 24.0 Å². The monoisotopic (exact) mass is 308 g/mol. The van der Waals surface area contributed by atoms with Gasteiger partial charge in [0.25, 0.3) is 0 Å². The van der Waals surface area contributed by atoms with Crippen molar-refractivity contribution in [2.45, 2.75) is 19.4 Å². The molecule has 114 valence electrons. The van der Waals surface area contributed by atoms with Crippen LogP contribution in [0.25, 0.3) is 0 Å². The number of sulfonamides is 1. The molecule has 5 nitrogen and oxygen atoms in total. The minimum Gasteiger partial charge on any atom is -0.292 e. The van der Waals surface area contributed by atoms with E-state index in [9.17, 15) is 13.2 Å². The molecule has 0 bridgehead atoms. The number of hydrogen-bond acceptors (Lipinski definition) is 4. The highest BCUT2D eigenvalue weighted by atomic mass is 32.2. The summed E-state index contributed by atoms with van der Waals surface area (Å²) in [6.45, 7) is 4.50. The van der Waals surface area contributed by atoms with E-state index >= 15 is 0 Å². The Bertz CT molecular complexity index is 627. The lowest BCUT2D eigenvalue weighted by Gasteiger charge is -2.16. The number of carbonyl (C=O) groups is 1. The molecule has 1 aliphatic rings. The normalized spacial score (nSPS) is 16.9. The molecule has 0 saturated heterocycles. The van der Waals surface area contributed by atoms with Gasteiger partial charge in [-0.1, -0.05) is 36.4 Å². The largest absolute Gasteiger partial charge is 0.292 e. The van der Waals surface area contributed by atoms with Crippen LogP contribution in [0, 0.1) is 0 Å². The summed E-state index contributed by atoms with van der Waals surface area (Å²) in [5, 5.41) is 0. The molecule has 2 rings (SSSR count). The van der Waals surface area contributed by atoms with Gasteiger partial charge in [0.2, 0.25) is 15.9 Å². The van der Waals surface area contributed by atoms with E-state index in [4.69, 9.17) is 0 Å². The van der Waals surface area contributed by atoms with E-state index in [1.807, 2.05) is 29.0 Å². The summed E-state index contributed by atoms with van der Waals surface area (Å²) in [6.07, 6.45) is 5.27. The van der Waals surface area contributed by atoms with Crippen molar-refractivity contribution in [1.82, 2.24) is 9.62 Å². The van der Waals surface area contributed by atoms with E-state index < -0.39 is 21.8 Å². The zero-order valence-corrected chi connectivity index (χ0v) is 13.1. The van der Waals surface area contributed by atoms with Gasteiger partial charge in [0.05, 0.1) is 12.2 Å². The van der Waals surface area contributed by atoms with Crippen molar-refractivity contribution in [1.29, 1.82) is 0 Å². The second-order valence-corrected chi connectivity index (χ2v) is 7.12. The number of hydrogen-bond donors (Lipinski definition) is 1. The number of nitrogens with one attached hydrogen (secondary N) is 1. The summed E-state index contributed by atoms with van der Waals surface area (Å²) in [5.74, 6) is -1.00. The Hall–Kier alpha value is -1.66. The number of benzene rings is 1. The van der Waals surface area contributed by atoms with Crippen molar-refractivity contribution in [2.24, 2.45) is 0 Å². The Kier molecular flexibility index (Phi) is 4.80. The van der Waals surface area contributed by atoms with Gasteiger partial charge in [0.1, 0.15) is 0 Å². The second-order valence-electron chi connectivity index (χ2n) is 5.37. The smallest absolute Gasteiger partial charge is 0.240 e. The molecular weight excluding hydrogens is 288 g/mol. The first-order valence-corrected chi connectivity index (χ1v) is 8.72. The molecule has 0 unspecified atom stereocenters. The lowest BCUT2D eigenvalue weighted by atomic mass is 9.99. The summed E-state index contributed by atoms with van der Waals surface area (Å²) < 4.78 is 24.2. The summed E-state index contributed by atoms with van der Waals surface area (Å²) in [6, 6.07) is 7.73. The van der Waals surface area contributed by atoms with Crippen LogP contribution in [0.3, 0.4) is 0 Å². The Morgan fingerprint density at radius 1 is 1.24 bits per heavy atom. The molecule has 1 amide bonds. The Morgan fingerprint density at radius 2 is 1.81 bits per heavy atom. The first-order valence-electron chi connectivity index (χ1n) is 6.83. The van der Waals surface area contributed by atoms with Gasteiger partial charge in [-0.2, -0.15) is 0 Å². The van der Waals surface area contributed by atoms with Gasteiger partial charge >= 0.3 is 0 Å². The molecular formula is C15H20N2O3S. The fourth-order valence-electron chi connectivity index (χ4n) is 2.24. The van der Waals surface area contributed by atoms with Crippen molar-refractivity contribution in [2.75, 3.05) is 19.3 Å². The minimum atomic E-state index is -3.51. The Morgan fingerprint density at radius 3 is 2.33 bits per heavy atom. The number of carbonyl (C=O) groups excluding carboxylic acids is 1. The zero-order chi connectivity index (χ0) is 15.5. The highest BCUT2D eigenvalue weighted by Crippen LogP contribution is 2.17. The van der Waals surface area contributed by atoms with Gasteiger partial charge < -0.3 is 0 Å². The fraction of sp³-hybridized carbons (Fsp3) is 0.400. The lowest BCUT2D eigenvalue weighted by Crippen LogP contribution is -2.32. The molecule has 0 spiro atoms. The van der Waals surface area contributed by atoms with E-state index in [0.29, 0.717) is 0 Å². The van der Waals surface area contributed by atoms with Crippen molar-refractivity contribution >= 4 is 15.9 Å². The molecule has 1 aliphatic heterocycles. The molecule has 0 aromatic heterocycles. The molecule has 0 fully saturated rings. The van der Waals surface area contributed by atoms with Gasteiger partial charge in [-0.25, -0.2) is 8.42 Å². The molecule has 21 heavy (non-hydrogen) atoms. The molecule has 1 heterocycles. The third-order valence-corrected chi connectivity index (χ3v) is 4.03. The lowest BCUT2D eigenvalue weighted by molar-refractivity contribution is -0.120. The van der Waals surface area contributed by atoms with Crippen LogP contribution < -0.4 is 4.72 Å². The molecule has 1 atom stereocenters. The van der Waals surface area contributed by atoms with Gasteiger partial charge in [0.15, 0.2) is 0 Å². The average molecular weight is 308 g/mol. The molecule has 0 radical (unpaired) electrons. The van der Waals surface area contributed by atoms with Gasteiger partial charge in [-0.3, -0.25) is 14.4 Å². The van der Waals surface area contributed by atoms with Crippen LogP contribution in [0.4, 0.5) is 0 Å². The SMILES string of the molecule is C[C@@H](C(=O)NS(C)(=O)=O)c1ccc(CN2CC=CC2)cc1. The zero-order valence-electron chi connectivity index (χ0n) is 12.2. The third-order valence-electron chi connectivity index (χ3n) is 3.46. The van der Waals surface area contributed by atoms with Gasteiger partial charge in [-0.15, -0.1) is 0 Å². The van der Waals surface area contributed by atoms with Crippen LogP contribution in [-0.2, 0) is 21.4 Å². The summed E-state index contributed by atoms with van der Waals surface area (Å²) in [4.78, 5) is 14.1. The quantitative estimate of drug-likeness (QED) is 0.831. The maximum atomic E-state index is 11.8. The Labute approximate surface area is 125 Å². The summed E-state index contributed by atoms with van der Waals surface area (Å²) in [5.41, 5.74) is 1.98. The van der Waals surface area contributed by atoms with E-state index in [-0.39, 0.29) is 0 Å². The van der Waals surface area contributed by atoms with Crippen LogP contribution in [-0.4, -0.2) is 38.6 Å². The van der Waals surface area contributed by atoms with Crippen LogP contribution >= 0.6 is 0 Å². The highest BCUT2D eigenvalue weighted by Gasteiger charge is 2.18. The predicted molar refractivity (Wildman–Crippen MR) is 82.3 cm³/mol. The van der Waals surface area contributed by atoms with E-state index in [1.54, 1.807) is 6.92 Å². The van der Waals surface area contributed by atoms with Crippen LogP contribution in [0.15, 0.2) is 36.4 Å². The average Bonchev–Trinajstić information content (AvgIpc) is 2.90. The van der Waals surface area contributed by atoms with Gasteiger partial charge in [-0.05, 0) is 18.1 Å². The first kappa shape index (κ1) is 15.7. The molecule has 1 aromatic rings. The first-order chi connectivity index (χ1) is 9.85. The van der Waals surface area contributed by atoms with E-state index in [2.05, 4.69) is 17.1 Å². The standard InChI is InChI=1S/C15H20N2O3S/c1-12(15(18)16-21(2,19)20)14-7-5-13(6-8-14)11-17-9-3-4-10-17/h3-8,12H,9-11H2,1-2H3,(H,16,18)/t12-/m1/s1. The topological polar surface area (TPSA) is 66.5 Å². The molecule has 6 heteroatoms. The molecule has 0 aliphatic carbocycles. The summed E-state index contributed by atoms with van der Waals surface area (Å²) >= 11 is 0. The fourth-order valence-corrected chi connectivity index (χ4v) is 2.79. The minimum absolute atomic E-state index is 0.498. The van der Waals surface area contributed by atoms with Gasteiger partial charge in [0, 0.05) is 19.6 Å². The molecule has 0 saturated carbocycles. The third kappa shape index (κ3) is 4.68.